The molecule has 1 aromatic carbocycles. The van der Waals surface area contributed by atoms with Gasteiger partial charge in [-0.2, -0.15) is 12.6 Å². The maximum atomic E-state index is 11.9. The fourth-order valence-corrected chi connectivity index (χ4v) is 2.31. The van der Waals surface area contributed by atoms with E-state index in [2.05, 4.69) is 22.7 Å². The van der Waals surface area contributed by atoms with Crippen molar-refractivity contribution in [3.63, 3.8) is 0 Å². The normalized spacial score (nSPS) is 13.6. The molecule has 4 nitrogen and oxygen atoms in total. The van der Waals surface area contributed by atoms with E-state index in [1.165, 1.54) is 7.11 Å². The Hall–Kier alpha value is -1.49. The van der Waals surface area contributed by atoms with E-state index in [1.54, 1.807) is 0 Å². The molecule has 0 radical (unpaired) electrons. The minimum Gasteiger partial charge on any atom is -0.453 e. The van der Waals surface area contributed by atoms with Crippen LogP contribution in [0.15, 0.2) is 30.3 Å². The Labute approximate surface area is 131 Å². The number of carbonyl (C=O) groups excluding carboxylic acids is 2. The zero-order valence-corrected chi connectivity index (χ0v) is 13.6. The van der Waals surface area contributed by atoms with E-state index in [1.807, 2.05) is 44.2 Å². The lowest BCUT2D eigenvalue weighted by molar-refractivity contribution is -0.121. The average molecular weight is 309 g/mol. The van der Waals surface area contributed by atoms with E-state index in [9.17, 15) is 9.59 Å². The second-order valence-corrected chi connectivity index (χ2v) is 5.99. The largest absolute Gasteiger partial charge is 0.453 e. The van der Waals surface area contributed by atoms with Crippen LogP contribution in [-0.2, 0) is 16.0 Å². The van der Waals surface area contributed by atoms with Gasteiger partial charge in [-0.15, -0.1) is 0 Å². The van der Waals surface area contributed by atoms with Gasteiger partial charge in [0.25, 0.3) is 0 Å². The van der Waals surface area contributed by atoms with Crippen LogP contribution in [-0.4, -0.2) is 30.3 Å². The summed E-state index contributed by atoms with van der Waals surface area (Å²) in [7, 11) is 1.32. The molecule has 0 fully saturated rings. The lowest BCUT2D eigenvalue weighted by Gasteiger charge is -2.24. The first-order chi connectivity index (χ1) is 9.93. The van der Waals surface area contributed by atoms with Gasteiger partial charge >= 0.3 is 6.09 Å². The molecule has 1 amide bonds. The van der Waals surface area contributed by atoms with Crippen LogP contribution < -0.4 is 5.32 Å². The van der Waals surface area contributed by atoms with Crippen molar-refractivity contribution in [3.05, 3.63) is 35.9 Å². The fraction of sp³-hybridized carbons (Fsp3) is 0.500. The minimum atomic E-state index is -0.507. The van der Waals surface area contributed by atoms with Crippen LogP contribution in [0.4, 0.5) is 4.79 Å². The van der Waals surface area contributed by atoms with Crippen LogP contribution in [0.2, 0.25) is 0 Å². The van der Waals surface area contributed by atoms with Gasteiger partial charge < -0.3 is 10.1 Å². The van der Waals surface area contributed by atoms with Crippen molar-refractivity contribution >= 4 is 24.5 Å². The van der Waals surface area contributed by atoms with Gasteiger partial charge in [-0.1, -0.05) is 44.2 Å². The summed E-state index contributed by atoms with van der Waals surface area (Å²) in [5, 5.41) is 2.52. The quantitative estimate of drug-likeness (QED) is 0.762. The predicted octanol–water partition coefficient (Wildman–Crippen LogP) is 2.87. The first-order valence-electron chi connectivity index (χ1n) is 7.03. The van der Waals surface area contributed by atoms with Gasteiger partial charge in [0.2, 0.25) is 0 Å². The molecule has 2 atom stereocenters. The number of nitrogens with one attached hydrogen (secondary N) is 1. The van der Waals surface area contributed by atoms with Gasteiger partial charge in [-0.05, 0) is 12.0 Å². The minimum absolute atomic E-state index is 0.0323. The number of hydrogen-bond acceptors (Lipinski definition) is 4. The Bertz CT molecular complexity index is 462. The van der Waals surface area contributed by atoms with Crippen LogP contribution in [0.1, 0.15) is 25.8 Å². The maximum Gasteiger partial charge on any atom is 0.407 e. The number of hydrogen-bond donors (Lipinski definition) is 2. The Morgan fingerprint density at radius 1 is 1.24 bits per heavy atom. The molecule has 0 aliphatic heterocycles. The highest BCUT2D eigenvalue weighted by molar-refractivity contribution is 7.81. The number of thiol groups is 1. The molecule has 1 rings (SSSR count). The first-order valence-corrected chi connectivity index (χ1v) is 7.54. The summed E-state index contributed by atoms with van der Waals surface area (Å²) in [6, 6.07) is 9.53. The van der Waals surface area contributed by atoms with Crippen LogP contribution in [0.5, 0.6) is 0 Å². The van der Waals surface area contributed by atoms with Crippen molar-refractivity contribution in [2.24, 2.45) is 5.92 Å². The van der Waals surface area contributed by atoms with Gasteiger partial charge in [-0.3, -0.25) is 4.79 Å². The SMILES string of the molecule is COC(=O)NC(Cc1ccccc1)C(S)CC(=O)C(C)C. The molecule has 21 heavy (non-hydrogen) atoms. The summed E-state index contributed by atoms with van der Waals surface area (Å²) in [5.74, 6) is 0.106. The van der Waals surface area contributed by atoms with E-state index in [0.717, 1.165) is 5.56 Å². The van der Waals surface area contributed by atoms with Gasteiger partial charge in [0.1, 0.15) is 5.78 Å². The molecule has 0 bridgehead atoms. The fourth-order valence-electron chi connectivity index (χ4n) is 1.95. The molecule has 1 aromatic rings. The molecule has 0 aliphatic carbocycles. The predicted molar refractivity (Wildman–Crippen MR) is 86.7 cm³/mol. The number of benzene rings is 1. The molecule has 0 heterocycles. The Morgan fingerprint density at radius 2 is 1.86 bits per heavy atom. The summed E-state index contributed by atoms with van der Waals surface area (Å²) >= 11 is 4.51. The molecule has 0 spiro atoms. The number of amides is 1. The van der Waals surface area contributed by atoms with Gasteiger partial charge in [-0.25, -0.2) is 4.79 Å². The highest BCUT2D eigenvalue weighted by Crippen LogP contribution is 2.16. The number of methoxy groups -OCH3 is 1. The van der Waals surface area contributed by atoms with E-state index in [-0.39, 0.29) is 23.0 Å². The van der Waals surface area contributed by atoms with Gasteiger partial charge in [0.15, 0.2) is 0 Å². The van der Waals surface area contributed by atoms with Crippen molar-refractivity contribution in [3.8, 4) is 0 Å². The third-order valence-electron chi connectivity index (χ3n) is 3.31. The smallest absolute Gasteiger partial charge is 0.407 e. The molecule has 0 aromatic heterocycles. The third kappa shape index (κ3) is 6.21. The summed E-state index contributed by atoms with van der Waals surface area (Å²) in [6.45, 7) is 3.73. The zero-order chi connectivity index (χ0) is 15.8. The number of rotatable bonds is 7. The van der Waals surface area contributed by atoms with Gasteiger partial charge in [0, 0.05) is 23.6 Å². The molecular formula is C16H23NO3S. The molecular weight excluding hydrogens is 286 g/mol. The highest BCUT2D eigenvalue weighted by atomic mass is 32.1. The van der Waals surface area contributed by atoms with Crippen LogP contribution in [0, 0.1) is 5.92 Å². The Morgan fingerprint density at radius 3 is 2.38 bits per heavy atom. The lowest BCUT2D eigenvalue weighted by atomic mass is 9.97. The molecule has 0 saturated carbocycles. The second-order valence-electron chi connectivity index (χ2n) is 5.32. The standard InChI is InChI=1S/C16H23NO3S/c1-11(2)14(18)10-15(21)13(17-16(19)20-3)9-12-7-5-4-6-8-12/h4-8,11,13,15,21H,9-10H2,1-3H3,(H,17,19). The van der Waals surface area contributed by atoms with Crippen molar-refractivity contribution in [2.45, 2.75) is 38.0 Å². The molecule has 0 aliphatic rings. The average Bonchev–Trinajstić information content (AvgIpc) is 2.47. The van der Waals surface area contributed by atoms with Gasteiger partial charge in [0.05, 0.1) is 7.11 Å². The maximum absolute atomic E-state index is 11.9. The van der Waals surface area contributed by atoms with E-state index in [4.69, 9.17) is 0 Å². The summed E-state index contributed by atoms with van der Waals surface area (Å²) in [5.41, 5.74) is 1.08. The topological polar surface area (TPSA) is 55.4 Å². The number of carbonyl (C=O) groups is 2. The Kier molecular flexibility index (Phi) is 7.29. The zero-order valence-electron chi connectivity index (χ0n) is 12.7. The summed E-state index contributed by atoms with van der Waals surface area (Å²) in [4.78, 5) is 23.4. The van der Waals surface area contributed by atoms with Crippen LogP contribution in [0.3, 0.4) is 0 Å². The molecule has 116 valence electrons. The monoisotopic (exact) mass is 309 g/mol. The Balaban J connectivity index is 2.76. The first kappa shape index (κ1) is 17.6. The highest BCUT2D eigenvalue weighted by Gasteiger charge is 2.24. The van der Waals surface area contributed by atoms with Crippen molar-refractivity contribution < 1.29 is 14.3 Å². The molecule has 5 heteroatoms. The van der Waals surface area contributed by atoms with Crippen molar-refractivity contribution in [2.75, 3.05) is 7.11 Å². The van der Waals surface area contributed by atoms with Crippen LogP contribution in [0.25, 0.3) is 0 Å². The van der Waals surface area contributed by atoms with Crippen LogP contribution >= 0.6 is 12.6 Å². The second kappa shape index (κ2) is 8.72. The van der Waals surface area contributed by atoms with E-state index in [0.29, 0.717) is 12.8 Å². The molecule has 1 N–H and O–H groups in total. The van der Waals surface area contributed by atoms with E-state index >= 15 is 0 Å². The molecule has 0 saturated heterocycles. The number of ether oxygens (including phenoxy) is 1. The number of alkyl carbamates (subject to hydrolysis) is 1. The van der Waals surface area contributed by atoms with Crippen molar-refractivity contribution in [1.29, 1.82) is 0 Å². The summed E-state index contributed by atoms with van der Waals surface area (Å²) < 4.78 is 4.65. The molecule has 2 unspecified atom stereocenters. The third-order valence-corrected chi connectivity index (χ3v) is 3.85. The summed E-state index contributed by atoms with van der Waals surface area (Å²) in [6.07, 6.45) is 0.421. The lowest BCUT2D eigenvalue weighted by Crippen LogP contribution is -2.43. The number of Topliss-reactive ketones (excluding diaryl/α,β-unsaturated/α-hetero) is 1. The van der Waals surface area contributed by atoms with E-state index < -0.39 is 6.09 Å². The van der Waals surface area contributed by atoms with Crippen molar-refractivity contribution in [1.82, 2.24) is 5.32 Å². The number of ketones is 1.